The number of carbonyl (C=O) groups excluding carboxylic acids is 5. The van der Waals surface area contributed by atoms with Crippen LogP contribution in [-0.2, 0) is 41.7 Å². The topological polar surface area (TPSA) is 143 Å². The average molecular weight is 631 g/mol. The number of likely N-dealkylation sites (tertiary alicyclic amines) is 1. The van der Waals surface area contributed by atoms with Crippen LogP contribution in [0.2, 0.25) is 5.02 Å². The van der Waals surface area contributed by atoms with Crippen LogP contribution in [0, 0.1) is 11.7 Å². The number of alkyl carbamates (subject to hydrolysis) is 1. The van der Waals surface area contributed by atoms with E-state index in [0.717, 1.165) is 0 Å². The summed E-state index contributed by atoms with van der Waals surface area (Å²) in [5, 5.41) is 8.64. The summed E-state index contributed by atoms with van der Waals surface area (Å²) in [5.74, 6) is -2.89. The van der Waals surface area contributed by atoms with Crippen molar-refractivity contribution in [2.45, 2.75) is 63.3 Å². The third-order valence-corrected chi connectivity index (χ3v) is 8.32. The minimum atomic E-state index is -1.25. The molecule has 2 fully saturated rings. The molecule has 13 heteroatoms. The molecule has 2 heterocycles. The van der Waals surface area contributed by atoms with Gasteiger partial charge < -0.3 is 30.3 Å². The number of esters is 1. The maximum absolute atomic E-state index is 13.9. The second-order valence-electron chi connectivity index (χ2n) is 11.2. The van der Waals surface area contributed by atoms with E-state index in [9.17, 15) is 28.4 Å². The van der Waals surface area contributed by atoms with E-state index in [0.29, 0.717) is 48.5 Å². The van der Waals surface area contributed by atoms with Gasteiger partial charge in [0.15, 0.2) is 0 Å². The fourth-order valence-electron chi connectivity index (χ4n) is 5.73. The number of nitrogens with one attached hydrogen (secondary N) is 3. The highest BCUT2D eigenvalue weighted by atomic mass is 35.5. The summed E-state index contributed by atoms with van der Waals surface area (Å²) >= 11 is 5.99. The van der Waals surface area contributed by atoms with Crippen LogP contribution in [0.5, 0.6) is 0 Å². The number of rotatable bonds is 10. The molecule has 2 saturated heterocycles. The second-order valence-corrected chi connectivity index (χ2v) is 11.7. The molecule has 3 atom stereocenters. The molecule has 1 spiro atoms. The summed E-state index contributed by atoms with van der Waals surface area (Å²) in [4.78, 5) is 65.5. The lowest BCUT2D eigenvalue weighted by Crippen LogP contribution is -2.53. The van der Waals surface area contributed by atoms with E-state index in [1.807, 2.05) is 0 Å². The first kappa shape index (κ1) is 32.7. The highest BCUT2D eigenvalue weighted by Crippen LogP contribution is 2.36. The van der Waals surface area contributed by atoms with E-state index in [1.54, 1.807) is 35.2 Å². The molecular formula is C31H36ClFN4O7. The van der Waals surface area contributed by atoms with Gasteiger partial charge in [0.2, 0.25) is 17.7 Å². The Hall–Kier alpha value is -4.19. The summed E-state index contributed by atoms with van der Waals surface area (Å²) < 4.78 is 24.1. The summed E-state index contributed by atoms with van der Waals surface area (Å²) in [6.45, 7) is 2.42. The van der Waals surface area contributed by atoms with Crippen LogP contribution in [0.3, 0.4) is 0 Å². The van der Waals surface area contributed by atoms with Crippen LogP contribution in [0.4, 0.5) is 9.18 Å². The van der Waals surface area contributed by atoms with Crippen molar-refractivity contribution in [2.24, 2.45) is 5.92 Å². The third kappa shape index (κ3) is 8.68. The zero-order valence-electron chi connectivity index (χ0n) is 24.6. The molecular weight excluding hydrogens is 595 g/mol. The Morgan fingerprint density at radius 1 is 1.07 bits per heavy atom. The molecule has 2 aliphatic heterocycles. The SMILES string of the molecule is COC(=O)C(CC1CC2(CCN(C(C)=O)CC2)NC1=O)NC(=O)[C@H](Cc1cccc(F)c1)NC(=O)OCc1cccc(Cl)c1. The largest absolute Gasteiger partial charge is 0.467 e. The van der Waals surface area contributed by atoms with Crippen LogP contribution in [0.1, 0.15) is 43.7 Å². The van der Waals surface area contributed by atoms with Gasteiger partial charge >= 0.3 is 12.1 Å². The lowest BCUT2D eigenvalue weighted by Gasteiger charge is -2.39. The number of nitrogens with zero attached hydrogens (tertiary/aromatic N) is 1. The second kappa shape index (κ2) is 14.5. The van der Waals surface area contributed by atoms with Gasteiger partial charge in [0.25, 0.3) is 0 Å². The van der Waals surface area contributed by atoms with Crippen molar-refractivity contribution in [2.75, 3.05) is 20.2 Å². The van der Waals surface area contributed by atoms with Crippen molar-refractivity contribution in [3.63, 3.8) is 0 Å². The Balaban J connectivity index is 1.44. The number of amides is 4. The van der Waals surface area contributed by atoms with Gasteiger partial charge in [-0.25, -0.2) is 14.0 Å². The molecule has 0 saturated carbocycles. The third-order valence-electron chi connectivity index (χ3n) is 8.08. The van der Waals surface area contributed by atoms with Gasteiger partial charge in [-0.2, -0.15) is 0 Å². The molecule has 4 amide bonds. The molecule has 44 heavy (non-hydrogen) atoms. The van der Waals surface area contributed by atoms with E-state index in [2.05, 4.69) is 16.0 Å². The number of carbonyl (C=O) groups is 5. The van der Waals surface area contributed by atoms with Gasteiger partial charge in [0.05, 0.1) is 7.11 Å². The smallest absolute Gasteiger partial charge is 0.408 e. The normalized spacial score (nSPS) is 18.6. The first-order valence-corrected chi connectivity index (χ1v) is 14.7. The molecule has 2 aliphatic rings. The summed E-state index contributed by atoms with van der Waals surface area (Å²) in [5.41, 5.74) is 0.556. The standard InChI is InChI=1S/C31H36ClFN4O7/c1-19(38)37-11-9-31(10-12-37)17-22(27(39)36-31)16-26(29(41)43-2)34-28(40)25(15-20-5-4-8-24(33)14-20)35-30(42)44-18-21-6-3-7-23(32)13-21/h3-8,13-14,22,25-26H,9-12,15-18H2,1-2H3,(H,34,40)(H,35,42)(H,36,39)/t22?,25-,26?/m0/s1. The van der Waals surface area contributed by atoms with Crippen molar-refractivity contribution in [1.29, 1.82) is 0 Å². The van der Waals surface area contributed by atoms with Gasteiger partial charge in [-0.05, 0) is 61.1 Å². The molecule has 4 rings (SSSR count). The maximum Gasteiger partial charge on any atom is 0.408 e. The monoisotopic (exact) mass is 630 g/mol. The van der Waals surface area contributed by atoms with Crippen molar-refractivity contribution < 1.29 is 37.8 Å². The average Bonchev–Trinajstić information content (AvgIpc) is 3.28. The number of methoxy groups -OCH3 is 1. The zero-order chi connectivity index (χ0) is 31.9. The van der Waals surface area contributed by atoms with Crippen molar-refractivity contribution in [3.8, 4) is 0 Å². The minimum Gasteiger partial charge on any atom is -0.467 e. The fraction of sp³-hybridized carbons (Fsp3) is 0.452. The van der Waals surface area contributed by atoms with Gasteiger partial charge in [-0.3, -0.25) is 14.4 Å². The highest BCUT2D eigenvalue weighted by molar-refractivity contribution is 6.30. The number of piperidine rings is 1. The van der Waals surface area contributed by atoms with Crippen LogP contribution in [0.25, 0.3) is 0 Å². The number of benzene rings is 2. The summed E-state index contributed by atoms with van der Waals surface area (Å²) in [6.07, 6.45) is 0.548. The van der Waals surface area contributed by atoms with Crippen LogP contribution >= 0.6 is 11.6 Å². The van der Waals surface area contributed by atoms with Crippen molar-refractivity contribution >= 4 is 41.4 Å². The Morgan fingerprint density at radius 3 is 2.43 bits per heavy atom. The number of halogens is 2. The maximum atomic E-state index is 13.9. The van der Waals surface area contributed by atoms with Gasteiger partial charge in [-0.15, -0.1) is 0 Å². The van der Waals surface area contributed by atoms with E-state index in [4.69, 9.17) is 21.1 Å². The molecule has 2 aromatic carbocycles. The van der Waals surface area contributed by atoms with E-state index in [1.165, 1.54) is 32.2 Å². The Labute approximate surface area is 259 Å². The number of hydrogen-bond donors (Lipinski definition) is 3. The lowest BCUT2D eigenvalue weighted by molar-refractivity contribution is -0.146. The number of ether oxygens (including phenoxy) is 2. The van der Waals surface area contributed by atoms with Gasteiger partial charge in [-0.1, -0.05) is 35.9 Å². The number of hydrogen-bond acceptors (Lipinski definition) is 7. The Morgan fingerprint density at radius 2 is 1.77 bits per heavy atom. The first-order chi connectivity index (χ1) is 21.0. The van der Waals surface area contributed by atoms with Gasteiger partial charge in [0.1, 0.15) is 24.5 Å². The fourth-order valence-corrected chi connectivity index (χ4v) is 5.94. The highest BCUT2D eigenvalue weighted by Gasteiger charge is 2.47. The predicted molar refractivity (Wildman–Crippen MR) is 158 cm³/mol. The minimum absolute atomic E-state index is 0.0241. The van der Waals surface area contributed by atoms with E-state index < -0.39 is 47.3 Å². The Kier molecular flexibility index (Phi) is 10.8. The molecule has 0 aromatic heterocycles. The zero-order valence-corrected chi connectivity index (χ0v) is 25.3. The van der Waals surface area contributed by atoms with Crippen molar-refractivity contribution in [1.82, 2.24) is 20.9 Å². The quantitative estimate of drug-likeness (QED) is 0.343. The lowest BCUT2D eigenvalue weighted by atomic mass is 9.82. The molecule has 3 N–H and O–H groups in total. The molecule has 0 aliphatic carbocycles. The molecule has 0 radical (unpaired) electrons. The van der Waals surface area contributed by atoms with Gasteiger partial charge in [0, 0.05) is 42.9 Å². The van der Waals surface area contributed by atoms with Crippen molar-refractivity contribution in [3.05, 3.63) is 70.5 Å². The molecule has 11 nitrogen and oxygen atoms in total. The molecule has 236 valence electrons. The van der Waals surface area contributed by atoms with E-state index in [-0.39, 0.29) is 31.3 Å². The Bertz CT molecular complexity index is 1400. The van der Waals surface area contributed by atoms with Crippen LogP contribution in [0.15, 0.2) is 48.5 Å². The predicted octanol–water partition coefficient (Wildman–Crippen LogP) is 2.88. The van der Waals surface area contributed by atoms with Crippen LogP contribution < -0.4 is 16.0 Å². The summed E-state index contributed by atoms with van der Waals surface area (Å²) in [7, 11) is 1.17. The molecule has 2 aromatic rings. The molecule has 0 bridgehead atoms. The molecule has 2 unspecified atom stereocenters. The van der Waals surface area contributed by atoms with E-state index >= 15 is 0 Å². The summed E-state index contributed by atoms with van der Waals surface area (Å²) in [6, 6.07) is 9.82. The first-order valence-electron chi connectivity index (χ1n) is 14.3. The van der Waals surface area contributed by atoms with Crippen LogP contribution in [-0.4, -0.2) is 72.5 Å².